The summed E-state index contributed by atoms with van der Waals surface area (Å²) in [6.45, 7) is 6.82. The van der Waals surface area contributed by atoms with E-state index in [0.29, 0.717) is 6.54 Å². The fraction of sp³-hybridized carbons (Fsp3) is 0.818. The van der Waals surface area contributed by atoms with Gasteiger partial charge in [-0.05, 0) is 26.4 Å². The highest BCUT2D eigenvalue weighted by molar-refractivity contribution is 5.82. The van der Waals surface area contributed by atoms with Crippen molar-refractivity contribution in [1.82, 2.24) is 15.5 Å². The van der Waals surface area contributed by atoms with Crippen LogP contribution in [0, 0.1) is 5.41 Å². The van der Waals surface area contributed by atoms with Crippen LogP contribution in [0.5, 0.6) is 0 Å². The molecular weight excluding hydrogens is 222 g/mol. The zero-order valence-electron chi connectivity index (χ0n) is 11.2. The van der Waals surface area contributed by atoms with E-state index in [-0.39, 0.29) is 5.41 Å². The van der Waals surface area contributed by atoms with Gasteiger partial charge in [0.25, 0.3) is 0 Å². The van der Waals surface area contributed by atoms with Crippen molar-refractivity contribution in [2.24, 2.45) is 5.41 Å². The number of hydrogen-bond acceptors (Lipinski definition) is 3. The van der Waals surface area contributed by atoms with Crippen LogP contribution in [0.3, 0.4) is 0 Å². The van der Waals surface area contributed by atoms with Gasteiger partial charge < -0.3 is 20.6 Å². The monoisotopic (exact) mass is 245 g/mol. The SMILES string of the molecule is CC(NC(=O)NCC(C)(C)CN(C)C)C(=O)O. The molecule has 6 heteroatoms. The van der Waals surface area contributed by atoms with Gasteiger partial charge in [0.2, 0.25) is 0 Å². The molecule has 0 aromatic carbocycles. The Morgan fingerprint density at radius 3 is 2.29 bits per heavy atom. The van der Waals surface area contributed by atoms with Gasteiger partial charge in [0.05, 0.1) is 0 Å². The van der Waals surface area contributed by atoms with Gasteiger partial charge in [-0.1, -0.05) is 13.8 Å². The predicted molar refractivity (Wildman–Crippen MR) is 66.0 cm³/mol. The molecule has 0 bridgehead atoms. The predicted octanol–water partition coefficient (Wildman–Crippen LogP) is 0.347. The van der Waals surface area contributed by atoms with Gasteiger partial charge in [0, 0.05) is 13.1 Å². The van der Waals surface area contributed by atoms with Gasteiger partial charge >= 0.3 is 12.0 Å². The van der Waals surface area contributed by atoms with E-state index >= 15 is 0 Å². The highest BCUT2D eigenvalue weighted by atomic mass is 16.4. The van der Waals surface area contributed by atoms with Gasteiger partial charge in [-0.3, -0.25) is 4.79 Å². The fourth-order valence-corrected chi connectivity index (χ4v) is 1.54. The summed E-state index contributed by atoms with van der Waals surface area (Å²) in [6, 6.07) is -1.33. The standard InChI is InChI=1S/C11H23N3O3/c1-8(9(15)16)13-10(17)12-6-11(2,3)7-14(4)5/h8H,6-7H2,1-5H3,(H,15,16)(H2,12,13,17). The molecule has 0 spiro atoms. The Labute approximate surface area is 102 Å². The number of carbonyl (C=O) groups is 2. The maximum absolute atomic E-state index is 11.4. The first-order chi connectivity index (χ1) is 7.64. The maximum Gasteiger partial charge on any atom is 0.325 e. The molecule has 0 aliphatic heterocycles. The summed E-state index contributed by atoms with van der Waals surface area (Å²) >= 11 is 0. The number of amides is 2. The smallest absolute Gasteiger partial charge is 0.325 e. The van der Waals surface area contributed by atoms with E-state index in [1.165, 1.54) is 6.92 Å². The molecule has 6 nitrogen and oxygen atoms in total. The van der Waals surface area contributed by atoms with Gasteiger partial charge in [0.15, 0.2) is 0 Å². The zero-order chi connectivity index (χ0) is 13.6. The minimum atomic E-state index is -1.05. The number of urea groups is 1. The third-order valence-electron chi connectivity index (χ3n) is 2.19. The van der Waals surface area contributed by atoms with Crippen LogP contribution in [0.1, 0.15) is 20.8 Å². The van der Waals surface area contributed by atoms with E-state index in [1.54, 1.807) is 0 Å². The van der Waals surface area contributed by atoms with Crippen LogP contribution < -0.4 is 10.6 Å². The number of carboxylic acid groups (broad SMARTS) is 1. The lowest BCUT2D eigenvalue weighted by molar-refractivity contribution is -0.138. The van der Waals surface area contributed by atoms with Crippen LogP contribution in [-0.2, 0) is 4.79 Å². The van der Waals surface area contributed by atoms with Gasteiger partial charge in [-0.15, -0.1) is 0 Å². The number of carboxylic acids is 1. The number of nitrogens with zero attached hydrogens (tertiary/aromatic N) is 1. The average Bonchev–Trinajstić information content (AvgIpc) is 2.12. The van der Waals surface area contributed by atoms with Crippen LogP contribution in [-0.4, -0.2) is 55.2 Å². The molecule has 0 aromatic rings. The van der Waals surface area contributed by atoms with E-state index in [4.69, 9.17) is 5.11 Å². The molecule has 0 aliphatic carbocycles. The number of hydrogen-bond donors (Lipinski definition) is 3. The molecule has 0 rings (SSSR count). The molecule has 0 aliphatic rings. The number of rotatable bonds is 6. The van der Waals surface area contributed by atoms with Gasteiger partial charge in [-0.2, -0.15) is 0 Å². The highest BCUT2D eigenvalue weighted by Crippen LogP contribution is 2.13. The summed E-state index contributed by atoms with van der Waals surface area (Å²) in [5.74, 6) is -1.05. The second-order valence-electron chi connectivity index (χ2n) is 5.29. The lowest BCUT2D eigenvalue weighted by Crippen LogP contribution is -2.48. The molecule has 2 amide bonds. The largest absolute Gasteiger partial charge is 0.480 e. The van der Waals surface area contributed by atoms with Crippen molar-refractivity contribution >= 4 is 12.0 Å². The minimum absolute atomic E-state index is 0.0622. The first kappa shape index (κ1) is 15.7. The van der Waals surface area contributed by atoms with Gasteiger partial charge in [-0.25, -0.2) is 4.79 Å². The lowest BCUT2D eigenvalue weighted by Gasteiger charge is -2.28. The highest BCUT2D eigenvalue weighted by Gasteiger charge is 2.20. The van der Waals surface area contributed by atoms with Crippen molar-refractivity contribution in [3.63, 3.8) is 0 Å². The minimum Gasteiger partial charge on any atom is -0.480 e. The van der Waals surface area contributed by atoms with Crippen molar-refractivity contribution in [2.75, 3.05) is 27.2 Å². The molecule has 17 heavy (non-hydrogen) atoms. The molecule has 100 valence electrons. The molecule has 0 saturated heterocycles. The molecule has 0 aromatic heterocycles. The molecule has 1 unspecified atom stereocenters. The lowest BCUT2D eigenvalue weighted by atomic mass is 9.93. The second-order valence-corrected chi connectivity index (χ2v) is 5.29. The van der Waals surface area contributed by atoms with E-state index < -0.39 is 18.0 Å². The number of aliphatic carboxylic acids is 1. The first-order valence-corrected chi connectivity index (χ1v) is 5.56. The van der Waals surface area contributed by atoms with Crippen LogP contribution in [0.15, 0.2) is 0 Å². The summed E-state index contributed by atoms with van der Waals surface area (Å²) in [5, 5.41) is 13.6. The molecule has 0 radical (unpaired) electrons. The quantitative estimate of drug-likeness (QED) is 0.630. The second kappa shape index (κ2) is 6.44. The third kappa shape index (κ3) is 7.57. The normalized spacial score (nSPS) is 13.3. The summed E-state index contributed by atoms with van der Waals surface area (Å²) in [5.41, 5.74) is -0.0622. The maximum atomic E-state index is 11.4. The summed E-state index contributed by atoms with van der Waals surface area (Å²) in [4.78, 5) is 24.0. The summed E-state index contributed by atoms with van der Waals surface area (Å²) in [6.07, 6.45) is 0. The Morgan fingerprint density at radius 2 is 1.88 bits per heavy atom. The van der Waals surface area contributed by atoms with Crippen molar-refractivity contribution in [1.29, 1.82) is 0 Å². The topological polar surface area (TPSA) is 81.7 Å². The third-order valence-corrected chi connectivity index (χ3v) is 2.19. The van der Waals surface area contributed by atoms with E-state index in [9.17, 15) is 9.59 Å². The Morgan fingerprint density at radius 1 is 1.35 bits per heavy atom. The van der Waals surface area contributed by atoms with E-state index in [2.05, 4.69) is 10.6 Å². The van der Waals surface area contributed by atoms with Crippen molar-refractivity contribution in [3.8, 4) is 0 Å². The Balaban J connectivity index is 4.03. The summed E-state index contributed by atoms with van der Waals surface area (Å²) in [7, 11) is 3.93. The van der Waals surface area contributed by atoms with Crippen molar-refractivity contribution in [3.05, 3.63) is 0 Å². The van der Waals surface area contributed by atoms with Crippen LogP contribution >= 0.6 is 0 Å². The summed E-state index contributed by atoms with van der Waals surface area (Å²) < 4.78 is 0. The molecular formula is C11H23N3O3. The molecule has 0 heterocycles. The van der Waals surface area contributed by atoms with Crippen molar-refractivity contribution in [2.45, 2.75) is 26.8 Å². The number of nitrogens with one attached hydrogen (secondary N) is 2. The van der Waals surface area contributed by atoms with Crippen molar-refractivity contribution < 1.29 is 14.7 Å². The van der Waals surface area contributed by atoms with Crippen LogP contribution in [0.4, 0.5) is 4.79 Å². The average molecular weight is 245 g/mol. The first-order valence-electron chi connectivity index (χ1n) is 5.56. The Bertz CT molecular complexity index is 277. The Kier molecular flexibility index (Phi) is 5.95. The Hall–Kier alpha value is -1.30. The number of carbonyl (C=O) groups excluding carboxylic acids is 1. The fourth-order valence-electron chi connectivity index (χ4n) is 1.54. The molecule has 3 N–H and O–H groups in total. The molecule has 0 saturated carbocycles. The zero-order valence-corrected chi connectivity index (χ0v) is 11.2. The van der Waals surface area contributed by atoms with E-state index in [0.717, 1.165) is 6.54 Å². The van der Waals surface area contributed by atoms with E-state index in [1.807, 2.05) is 32.8 Å². The molecule has 1 atom stereocenters. The molecule has 0 fully saturated rings. The van der Waals surface area contributed by atoms with Gasteiger partial charge in [0.1, 0.15) is 6.04 Å². The van der Waals surface area contributed by atoms with Crippen LogP contribution in [0.25, 0.3) is 0 Å². The van der Waals surface area contributed by atoms with Crippen LogP contribution in [0.2, 0.25) is 0 Å².